The second-order valence-electron chi connectivity index (χ2n) is 5.53. The Morgan fingerprint density at radius 1 is 1.41 bits per heavy atom. The summed E-state index contributed by atoms with van der Waals surface area (Å²) in [6, 6.07) is 0.592. The van der Waals surface area contributed by atoms with Gasteiger partial charge in [-0.3, -0.25) is 0 Å². The van der Waals surface area contributed by atoms with E-state index in [1.54, 1.807) is 0 Å². The molecule has 2 aliphatic rings. The lowest BCUT2D eigenvalue weighted by molar-refractivity contribution is 0.301. The smallest absolute Gasteiger partial charge is 0.0997 e. The van der Waals surface area contributed by atoms with E-state index in [2.05, 4.69) is 34.2 Å². The van der Waals surface area contributed by atoms with Crippen LogP contribution in [-0.2, 0) is 13.0 Å². The molecule has 17 heavy (non-hydrogen) atoms. The molecule has 4 nitrogen and oxygen atoms in total. The SMILES string of the molecule is CCC1CCC(n2nnc3c2CCNC3)C1C. The maximum Gasteiger partial charge on any atom is 0.0997 e. The quantitative estimate of drug-likeness (QED) is 0.850. The van der Waals surface area contributed by atoms with Crippen molar-refractivity contribution in [3.05, 3.63) is 11.4 Å². The van der Waals surface area contributed by atoms with Gasteiger partial charge in [0.1, 0.15) is 0 Å². The van der Waals surface area contributed by atoms with Gasteiger partial charge >= 0.3 is 0 Å². The monoisotopic (exact) mass is 234 g/mol. The zero-order chi connectivity index (χ0) is 11.8. The summed E-state index contributed by atoms with van der Waals surface area (Å²) in [6.45, 7) is 6.66. The average Bonchev–Trinajstić information content (AvgIpc) is 2.92. The fourth-order valence-corrected chi connectivity index (χ4v) is 3.57. The number of fused-ring (bicyclic) bond motifs is 1. The Bertz CT molecular complexity index is 398. The van der Waals surface area contributed by atoms with Gasteiger partial charge in [-0.2, -0.15) is 0 Å². The summed E-state index contributed by atoms with van der Waals surface area (Å²) in [7, 11) is 0. The molecule has 94 valence electrons. The molecule has 4 heteroatoms. The van der Waals surface area contributed by atoms with Gasteiger partial charge in [0.25, 0.3) is 0 Å². The van der Waals surface area contributed by atoms with Crippen LogP contribution in [-0.4, -0.2) is 21.5 Å². The third-order valence-electron chi connectivity index (χ3n) is 4.72. The van der Waals surface area contributed by atoms with Crippen molar-refractivity contribution >= 4 is 0 Å². The van der Waals surface area contributed by atoms with Crippen molar-refractivity contribution < 1.29 is 0 Å². The lowest BCUT2D eigenvalue weighted by Gasteiger charge is -2.22. The molecule has 2 heterocycles. The highest BCUT2D eigenvalue weighted by Crippen LogP contribution is 2.42. The number of hydrogen-bond donors (Lipinski definition) is 1. The zero-order valence-corrected chi connectivity index (χ0v) is 10.8. The van der Waals surface area contributed by atoms with Crippen LogP contribution in [0.25, 0.3) is 0 Å². The largest absolute Gasteiger partial charge is 0.311 e. The maximum absolute atomic E-state index is 4.43. The van der Waals surface area contributed by atoms with E-state index in [1.807, 2.05) is 0 Å². The van der Waals surface area contributed by atoms with Gasteiger partial charge in [0.05, 0.1) is 17.4 Å². The minimum atomic E-state index is 0.592. The van der Waals surface area contributed by atoms with E-state index in [4.69, 9.17) is 0 Å². The first-order chi connectivity index (χ1) is 8.31. The molecule has 0 spiro atoms. The highest BCUT2D eigenvalue weighted by molar-refractivity contribution is 5.14. The third-order valence-corrected chi connectivity index (χ3v) is 4.72. The molecule has 1 N–H and O–H groups in total. The van der Waals surface area contributed by atoms with Crippen molar-refractivity contribution in [2.24, 2.45) is 11.8 Å². The molecule has 0 radical (unpaired) electrons. The summed E-state index contributed by atoms with van der Waals surface area (Å²) >= 11 is 0. The van der Waals surface area contributed by atoms with Gasteiger partial charge < -0.3 is 5.32 Å². The fourth-order valence-electron chi connectivity index (χ4n) is 3.57. The minimum absolute atomic E-state index is 0.592. The van der Waals surface area contributed by atoms with E-state index >= 15 is 0 Å². The topological polar surface area (TPSA) is 42.7 Å². The molecule has 1 aromatic rings. The first-order valence-corrected chi connectivity index (χ1v) is 6.95. The fraction of sp³-hybridized carbons (Fsp3) is 0.846. The van der Waals surface area contributed by atoms with Crippen LogP contribution in [0.2, 0.25) is 0 Å². The van der Waals surface area contributed by atoms with Crippen molar-refractivity contribution in [3.8, 4) is 0 Å². The molecule has 0 amide bonds. The Morgan fingerprint density at radius 2 is 2.29 bits per heavy atom. The molecular formula is C13H22N4. The van der Waals surface area contributed by atoms with Gasteiger partial charge in [-0.15, -0.1) is 5.10 Å². The first kappa shape index (κ1) is 11.2. The Kier molecular flexibility index (Phi) is 2.90. The third kappa shape index (κ3) is 1.79. The molecule has 1 aliphatic carbocycles. The summed E-state index contributed by atoms with van der Waals surface area (Å²) < 4.78 is 2.25. The molecular weight excluding hydrogens is 212 g/mol. The van der Waals surface area contributed by atoms with Crippen molar-refractivity contribution in [2.75, 3.05) is 6.54 Å². The van der Waals surface area contributed by atoms with Crippen LogP contribution in [0.3, 0.4) is 0 Å². The Labute approximate surface area is 103 Å². The van der Waals surface area contributed by atoms with Gasteiger partial charge in [0.15, 0.2) is 0 Å². The van der Waals surface area contributed by atoms with Crippen molar-refractivity contribution in [2.45, 2.75) is 52.1 Å². The highest BCUT2D eigenvalue weighted by atomic mass is 15.5. The standard InChI is InChI=1S/C13H22N4/c1-3-10-4-5-12(9(10)2)17-13-6-7-14-8-11(13)15-16-17/h9-10,12,14H,3-8H2,1-2H3. The molecule has 1 aliphatic heterocycles. The Hall–Kier alpha value is -0.900. The zero-order valence-electron chi connectivity index (χ0n) is 10.8. The van der Waals surface area contributed by atoms with E-state index in [0.29, 0.717) is 6.04 Å². The van der Waals surface area contributed by atoms with Gasteiger partial charge in [-0.25, -0.2) is 4.68 Å². The molecule has 1 aromatic heterocycles. The molecule has 1 fully saturated rings. The van der Waals surface area contributed by atoms with Crippen molar-refractivity contribution in [1.82, 2.24) is 20.3 Å². The van der Waals surface area contributed by atoms with Crippen LogP contribution in [0.4, 0.5) is 0 Å². The normalized spacial score (nSPS) is 32.7. The lowest BCUT2D eigenvalue weighted by atomic mass is 9.93. The average molecular weight is 234 g/mol. The number of rotatable bonds is 2. The molecule has 3 rings (SSSR count). The Balaban J connectivity index is 1.87. The van der Waals surface area contributed by atoms with Gasteiger partial charge in [0, 0.05) is 19.5 Å². The van der Waals surface area contributed by atoms with Gasteiger partial charge in [-0.1, -0.05) is 25.5 Å². The van der Waals surface area contributed by atoms with Gasteiger partial charge in [-0.05, 0) is 24.7 Å². The molecule has 3 unspecified atom stereocenters. The lowest BCUT2D eigenvalue weighted by Crippen LogP contribution is -2.27. The summed E-state index contributed by atoms with van der Waals surface area (Å²) in [6.07, 6.45) is 5.02. The second kappa shape index (κ2) is 4.41. The predicted octanol–water partition coefficient (Wildman–Crippen LogP) is 1.92. The summed E-state index contributed by atoms with van der Waals surface area (Å²) in [4.78, 5) is 0. The molecule has 0 aromatic carbocycles. The summed E-state index contributed by atoms with van der Waals surface area (Å²) in [5.41, 5.74) is 2.56. The number of nitrogens with zero attached hydrogens (tertiary/aromatic N) is 3. The van der Waals surface area contributed by atoms with Crippen molar-refractivity contribution in [3.63, 3.8) is 0 Å². The van der Waals surface area contributed by atoms with Crippen LogP contribution >= 0.6 is 0 Å². The van der Waals surface area contributed by atoms with E-state index in [9.17, 15) is 0 Å². The second-order valence-corrected chi connectivity index (χ2v) is 5.53. The van der Waals surface area contributed by atoms with Crippen LogP contribution in [0, 0.1) is 11.8 Å². The summed E-state index contributed by atoms with van der Waals surface area (Å²) in [5.74, 6) is 1.63. The van der Waals surface area contributed by atoms with E-state index in [0.717, 1.165) is 31.3 Å². The predicted molar refractivity (Wildman–Crippen MR) is 66.6 cm³/mol. The van der Waals surface area contributed by atoms with Crippen LogP contribution in [0.5, 0.6) is 0 Å². The number of aromatic nitrogens is 3. The minimum Gasteiger partial charge on any atom is -0.311 e. The molecule has 0 saturated heterocycles. The van der Waals surface area contributed by atoms with Crippen LogP contribution in [0.1, 0.15) is 50.5 Å². The summed E-state index contributed by atoms with van der Waals surface area (Å²) in [5, 5.41) is 12.1. The molecule has 3 atom stereocenters. The van der Waals surface area contributed by atoms with Crippen LogP contribution < -0.4 is 5.32 Å². The maximum atomic E-state index is 4.43. The molecule has 1 saturated carbocycles. The van der Waals surface area contributed by atoms with Gasteiger partial charge in [0.2, 0.25) is 0 Å². The number of hydrogen-bond acceptors (Lipinski definition) is 3. The van der Waals surface area contributed by atoms with Crippen LogP contribution in [0.15, 0.2) is 0 Å². The molecule has 0 bridgehead atoms. The van der Waals surface area contributed by atoms with Crippen molar-refractivity contribution in [1.29, 1.82) is 0 Å². The van der Waals surface area contributed by atoms with E-state index in [-0.39, 0.29) is 0 Å². The van der Waals surface area contributed by atoms with E-state index < -0.39 is 0 Å². The number of nitrogens with one attached hydrogen (secondary N) is 1. The van der Waals surface area contributed by atoms with E-state index in [1.165, 1.54) is 30.7 Å². The first-order valence-electron chi connectivity index (χ1n) is 6.95. The highest BCUT2D eigenvalue weighted by Gasteiger charge is 2.35. The Morgan fingerprint density at radius 3 is 3.06 bits per heavy atom.